The van der Waals surface area contributed by atoms with Gasteiger partial charge in [0.15, 0.2) is 0 Å². The molecule has 1 aliphatic heterocycles. The van der Waals surface area contributed by atoms with Crippen LogP contribution in [0.3, 0.4) is 0 Å². The van der Waals surface area contributed by atoms with Gasteiger partial charge >= 0.3 is 5.97 Å². The maximum Gasteiger partial charge on any atom is 0.307 e. The molecule has 1 N–H and O–H groups in total. The van der Waals surface area contributed by atoms with Gasteiger partial charge in [-0.15, -0.1) is 0 Å². The Balaban J connectivity index is 2.05. The summed E-state index contributed by atoms with van der Waals surface area (Å²) in [5, 5.41) is 14.2. The lowest BCUT2D eigenvalue weighted by Crippen LogP contribution is -2.43. The largest absolute Gasteiger partial charge is 0.469 e. The summed E-state index contributed by atoms with van der Waals surface area (Å²) < 4.78 is 6.59. The number of nitrogens with zero attached hydrogens (tertiary/aromatic N) is 3. The summed E-state index contributed by atoms with van der Waals surface area (Å²) in [7, 11) is 1.41. The number of piperidine rings is 1. The minimum Gasteiger partial charge on any atom is -0.469 e. The highest BCUT2D eigenvalue weighted by molar-refractivity contribution is 5.68. The van der Waals surface area contributed by atoms with Crippen molar-refractivity contribution in [1.82, 2.24) is 14.7 Å². The van der Waals surface area contributed by atoms with E-state index in [0.29, 0.717) is 13.0 Å². The zero-order chi connectivity index (χ0) is 17.0. The van der Waals surface area contributed by atoms with E-state index >= 15 is 0 Å². The second kappa shape index (κ2) is 7.45. The molecule has 0 aromatic carbocycles. The smallest absolute Gasteiger partial charge is 0.307 e. The third kappa shape index (κ3) is 4.32. The van der Waals surface area contributed by atoms with Crippen LogP contribution in [0, 0.1) is 19.3 Å². The van der Waals surface area contributed by atoms with E-state index in [1.165, 1.54) is 12.7 Å². The third-order valence-electron chi connectivity index (χ3n) is 4.91. The van der Waals surface area contributed by atoms with E-state index in [0.717, 1.165) is 43.9 Å². The van der Waals surface area contributed by atoms with E-state index in [9.17, 15) is 9.90 Å². The average molecular weight is 323 g/mol. The summed E-state index contributed by atoms with van der Waals surface area (Å²) in [5.74, 6) is -0.214. The molecule has 0 radical (unpaired) electrons. The standard InChI is InChI=1S/C17H29N3O3/c1-13-15(10-19-8-5-7-17(3,11-19)12-21)14(2)20(18-13)9-6-16(22)23-4/h21H,5-12H2,1-4H3. The lowest BCUT2D eigenvalue weighted by molar-refractivity contribution is -0.140. The Morgan fingerprint density at radius 3 is 2.83 bits per heavy atom. The highest BCUT2D eigenvalue weighted by atomic mass is 16.5. The van der Waals surface area contributed by atoms with Crippen molar-refractivity contribution in [3.63, 3.8) is 0 Å². The average Bonchev–Trinajstić information content (AvgIpc) is 2.80. The molecule has 1 saturated heterocycles. The number of ether oxygens (including phenoxy) is 1. The zero-order valence-electron chi connectivity index (χ0n) is 14.8. The van der Waals surface area contributed by atoms with Gasteiger partial charge in [-0.25, -0.2) is 0 Å². The van der Waals surface area contributed by atoms with E-state index in [2.05, 4.69) is 23.8 Å². The van der Waals surface area contributed by atoms with Gasteiger partial charge in [-0.2, -0.15) is 5.10 Å². The van der Waals surface area contributed by atoms with Crippen molar-refractivity contribution >= 4 is 5.97 Å². The number of esters is 1. The fourth-order valence-corrected chi connectivity index (χ4v) is 3.39. The minimum atomic E-state index is -0.214. The molecule has 0 spiro atoms. The zero-order valence-corrected chi connectivity index (χ0v) is 14.8. The first-order valence-electron chi connectivity index (χ1n) is 8.31. The van der Waals surface area contributed by atoms with Crippen LogP contribution in [0.1, 0.15) is 43.1 Å². The van der Waals surface area contributed by atoms with E-state index < -0.39 is 0 Å². The quantitative estimate of drug-likeness (QED) is 0.807. The van der Waals surface area contributed by atoms with Crippen LogP contribution in [0.15, 0.2) is 0 Å². The summed E-state index contributed by atoms with van der Waals surface area (Å²) in [6, 6.07) is 0. The number of aromatic nitrogens is 2. The maximum absolute atomic E-state index is 11.3. The molecule has 23 heavy (non-hydrogen) atoms. The highest BCUT2D eigenvalue weighted by Gasteiger charge is 2.31. The van der Waals surface area contributed by atoms with Gasteiger partial charge in [0.1, 0.15) is 0 Å². The number of carbonyl (C=O) groups excluding carboxylic acids is 1. The minimum absolute atomic E-state index is 0.000930. The molecular formula is C17H29N3O3. The van der Waals surface area contributed by atoms with Gasteiger partial charge in [-0.1, -0.05) is 6.92 Å². The molecular weight excluding hydrogens is 294 g/mol. The molecule has 6 nitrogen and oxygen atoms in total. The summed E-state index contributed by atoms with van der Waals surface area (Å²) in [6.45, 7) is 9.84. The van der Waals surface area contributed by atoms with Crippen LogP contribution in [0.2, 0.25) is 0 Å². The van der Waals surface area contributed by atoms with Crippen molar-refractivity contribution in [2.24, 2.45) is 5.41 Å². The highest BCUT2D eigenvalue weighted by Crippen LogP contribution is 2.30. The second-order valence-electron chi connectivity index (χ2n) is 6.98. The van der Waals surface area contributed by atoms with Gasteiger partial charge < -0.3 is 9.84 Å². The van der Waals surface area contributed by atoms with Crippen molar-refractivity contribution in [1.29, 1.82) is 0 Å². The Kier molecular flexibility index (Phi) is 5.81. The molecule has 130 valence electrons. The fourth-order valence-electron chi connectivity index (χ4n) is 3.39. The van der Waals surface area contributed by atoms with Gasteiger partial charge in [0.05, 0.1) is 25.8 Å². The number of aliphatic hydroxyl groups excluding tert-OH is 1. The van der Waals surface area contributed by atoms with Gasteiger partial charge in [0.2, 0.25) is 0 Å². The van der Waals surface area contributed by atoms with Gasteiger partial charge in [-0.05, 0) is 33.2 Å². The van der Waals surface area contributed by atoms with E-state index in [4.69, 9.17) is 4.74 Å². The molecule has 0 amide bonds. The number of likely N-dealkylation sites (tertiary alicyclic amines) is 1. The molecule has 1 aliphatic rings. The Morgan fingerprint density at radius 1 is 1.43 bits per heavy atom. The van der Waals surface area contributed by atoms with Crippen molar-refractivity contribution in [2.75, 3.05) is 26.8 Å². The molecule has 0 bridgehead atoms. The van der Waals surface area contributed by atoms with E-state index in [1.807, 2.05) is 11.6 Å². The predicted octanol–water partition coefficient (Wildman–Crippen LogP) is 1.66. The fraction of sp³-hybridized carbons (Fsp3) is 0.765. The monoisotopic (exact) mass is 323 g/mol. The number of rotatable bonds is 6. The van der Waals surface area contributed by atoms with Crippen LogP contribution in [0.5, 0.6) is 0 Å². The van der Waals surface area contributed by atoms with Gasteiger partial charge in [-0.3, -0.25) is 14.4 Å². The molecule has 6 heteroatoms. The summed E-state index contributed by atoms with van der Waals surface area (Å²) in [6.07, 6.45) is 2.53. The van der Waals surface area contributed by atoms with E-state index in [1.54, 1.807) is 0 Å². The molecule has 0 aliphatic carbocycles. The van der Waals surface area contributed by atoms with Crippen molar-refractivity contribution in [3.8, 4) is 0 Å². The topological polar surface area (TPSA) is 67.6 Å². The molecule has 1 fully saturated rings. The number of aliphatic hydroxyl groups is 1. The number of hydrogen-bond acceptors (Lipinski definition) is 5. The lowest BCUT2D eigenvalue weighted by atomic mass is 9.82. The Hall–Kier alpha value is -1.40. The van der Waals surface area contributed by atoms with Crippen LogP contribution in [-0.4, -0.2) is 52.6 Å². The molecule has 1 aromatic heterocycles. The van der Waals surface area contributed by atoms with Gasteiger partial charge in [0.25, 0.3) is 0 Å². The first kappa shape index (κ1) is 17.9. The number of methoxy groups -OCH3 is 1. The van der Waals surface area contributed by atoms with Crippen LogP contribution < -0.4 is 0 Å². The molecule has 1 unspecified atom stereocenters. The van der Waals surface area contributed by atoms with Crippen molar-refractivity contribution in [2.45, 2.75) is 53.1 Å². The van der Waals surface area contributed by atoms with Gasteiger partial charge in [0, 0.05) is 36.4 Å². The Labute approximate surface area is 138 Å². The van der Waals surface area contributed by atoms with Crippen LogP contribution in [-0.2, 0) is 22.6 Å². The summed E-state index contributed by atoms with van der Waals surface area (Å²) >= 11 is 0. The van der Waals surface area contributed by atoms with E-state index in [-0.39, 0.29) is 18.0 Å². The first-order valence-corrected chi connectivity index (χ1v) is 8.31. The number of carbonyl (C=O) groups is 1. The third-order valence-corrected chi connectivity index (χ3v) is 4.91. The molecule has 2 rings (SSSR count). The number of aryl methyl sites for hydroxylation is 2. The SMILES string of the molecule is COC(=O)CCn1nc(C)c(CN2CCCC(C)(CO)C2)c1C. The maximum atomic E-state index is 11.3. The molecule has 2 heterocycles. The van der Waals surface area contributed by atoms with Crippen molar-refractivity contribution in [3.05, 3.63) is 17.0 Å². The van der Waals surface area contributed by atoms with Crippen LogP contribution in [0.25, 0.3) is 0 Å². The Bertz CT molecular complexity index is 556. The van der Waals surface area contributed by atoms with Crippen molar-refractivity contribution < 1.29 is 14.6 Å². The lowest BCUT2D eigenvalue weighted by Gasteiger charge is -2.39. The second-order valence-corrected chi connectivity index (χ2v) is 6.98. The molecule has 0 saturated carbocycles. The Morgan fingerprint density at radius 2 is 2.17 bits per heavy atom. The van der Waals surface area contributed by atoms with Crippen LogP contribution >= 0.6 is 0 Å². The predicted molar refractivity (Wildman–Crippen MR) is 88.0 cm³/mol. The molecule has 1 atom stereocenters. The summed E-state index contributed by atoms with van der Waals surface area (Å²) in [4.78, 5) is 13.7. The summed E-state index contributed by atoms with van der Waals surface area (Å²) in [5.41, 5.74) is 3.37. The van der Waals surface area contributed by atoms with Crippen LogP contribution in [0.4, 0.5) is 0 Å². The normalized spacial score (nSPS) is 22.3. The first-order chi connectivity index (χ1) is 10.9. The molecule has 1 aromatic rings. The number of hydrogen-bond donors (Lipinski definition) is 1.